The van der Waals surface area contributed by atoms with Crippen LogP contribution >= 0.6 is 11.6 Å². The third kappa shape index (κ3) is 5.34. The largest absolute Gasteiger partial charge is 0.494 e. The average molecular weight is 463 g/mol. The van der Waals surface area contributed by atoms with Gasteiger partial charge in [0.05, 0.1) is 25.3 Å². The van der Waals surface area contributed by atoms with Crippen molar-refractivity contribution in [3.63, 3.8) is 0 Å². The molecule has 2 aromatic heterocycles. The standard InChI is InChI=1S/C22H24ClFN4O4/c1-13(2)26-19(29)12-28-21(14-5-6-17(24)18(9-14)31-3)27-20-16(22(28)30)10-15(11-25-20)32-8-4-7-23/h5-6,9-11,13H,4,7-8,12H2,1-3H3,(H,26,29). The quantitative estimate of drug-likeness (QED) is 0.388. The third-order valence-electron chi connectivity index (χ3n) is 4.49. The zero-order valence-corrected chi connectivity index (χ0v) is 18.8. The first-order valence-corrected chi connectivity index (χ1v) is 10.6. The second-order valence-electron chi connectivity index (χ2n) is 7.33. The molecule has 0 aliphatic carbocycles. The molecule has 0 fully saturated rings. The molecule has 1 amide bonds. The molecule has 10 heteroatoms. The molecule has 3 aromatic rings. The van der Waals surface area contributed by atoms with Crippen molar-refractivity contribution in [2.24, 2.45) is 0 Å². The zero-order valence-electron chi connectivity index (χ0n) is 18.0. The van der Waals surface area contributed by atoms with Gasteiger partial charge in [-0.3, -0.25) is 14.2 Å². The van der Waals surface area contributed by atoms with Crippen LogP contribution in [0.5, 0.6) is 11.5 Å². The van der Waals surface area contributed by atoms with E-state index in [0.29, 0.717) is 30.2 Å². The number of ether oxygens (including phenoxy) is 2. The van der Waals surface area contributed by atoms with Gasteiger partial charge in [-0.2, -0.15) is 0 Å². The summed E-state index contributed by atoms with van der Waals surface area (Å²) in [4.78, 5) is 34.6. The molecular weight excluding hydrogens is 439 g/mol. The number of alkyl halides is 1. The monoisotopic (exact) mass is 462 g/mol. The van der Waals surface area contributed by atoms with Gasteiger partial charge in [0.25, 0.3) is 5.56 Å². The molecule has 0 saturated heterocycles. The van der Waals surface area contributed by atoms with E-state index in [9.17, 15) is 14.0 Å². The van der Waals surface area contributed by atoms with Crippen molar-refractivity contribution in [1.82, 2.24) is 19.9 Å². The predicted molar refractivity (Wildman–Crippen MR) is 120 cm³/mol. The first kappa shape index (κ1) is 23.5. The predicted octanol–water partition coefficient (Wildman–Crippen LogP) is 3.14. The number of amides is 1. The van der Waals surface area contributed by atoms with Crippen molar-refractivity contribution >= 4 is 28.5 Å². The van der Waals surface area contributed by atoms with Crippen LogP contribution in [0, 0.1) is 5.82 Å². The molecule has 3 rings (SSSR count). The Morgan fingerprint density at radius 3 is 2.78 bits per heavy atom. The Balaban J connectivity index is 2.15. The van der Waals surface area contributed by atoms with Crippen LogP contribution in [0.25, 0.3) is 22.4 Å². The van der Waals surface area contributed by atoms with Crippen LogP contribution < -0.4 is 20.3 Å². The van der Waals surface area contributed by atoms with Crippen LogP contribution in [0.4, 0.5) is 4.39 Å². The van der Waals surface area contributed by atoms with Gasteiger partial charge in [-0.1, -0.05) is 0 Å². The van der Waals surface area contributed by atoms with Gasteiger partial charge in [-0.15, -0.1) is 11.6 Å². The number of nitrogens with one attached hydrogen (secondary N) is 1. The Morgan fingerprint density at radius 1 is 1.31 bits per heavy atom. The summed E-state index contributed by atoms with van der Waals surface area (Å²) in [6, 6.07) is 5.53. The number of carbonyl (C=O) groups excluding carboxylic acids is 1. The SMILES string of the molecule is COc1cc(-c2nc3ncc(OCCCCl)cc3c(=O)n2CC(=O)NC(C)C)ccc1F. The molecule has 0 aliphatic heterocycles. The Morgan fingerprint density at radius 2 is 2.09 bits per heavy atom. The summed E-state index contributed by atoms with van der Waals surface area (Å²) in [6.07, 6.45) is 2.11. The fourth-order valence-electron chi connectivity index (χ4n) is 3.09. The topological polar surface area (TPSA) is 95.3 Å². The molecule has 0 unspecified atom stereocenters. The van der Waals surface area contributed by atoms with Crippen LogP contribution in [0.2, 0.25) is 0 Å². The molecule has 0 atom stereocenters. The van der Waals surface area contributed by atoms with Gasteiger partial charge in [0.1, 0.15) is 18.1 Å². The summed E-state index contributed by atoms with van der Waals surface area (Å²) in [7, 11) is 1.34. The lowest BCUT2D eigenvalue weighted by atomic mass is 10.1. The maximum absolute atomic E-state index is 13.9. The first-order valence-electron chi connectivity index (χ1n) is 10.1. The van der Waals surface area contributed by atoms with Gasteiger partial charge in [0.15, 0.2) is 17.2 Å². The fourth-order valence-corrected chi connectivity index (χ4v) is 3.20. The molecule has 1 N–H and O–H groups in total. The van der Waals surface area contributed by atoms with Crippen LogP contribution in [0.15, 0.2) is 35.3 Å². The number of halogens is 2. The number of benzene rings is 1. The molecule has 8 nitrogen and oxygen atoms in total. The van der Waals surface area contributed by atoms with E-state index in [1.54, 1.807) is 0 Å². The summed E-state index contributed by atoms with van der Waals surface area (Å²) in [5, 5.41) is 2.96. The lowest BCUT2D eigenvalue weighted by Gasteiger charge is -2.15. The third-order valence-corrected chi connectivity index (χ3v) is 4.76. The minimum Gasteiger partial charge on any atom is -0.494 e. The molecule has 0 aliphatic rings. The smallest absolute Gasteiger partial charge is 0.263 e. The van der Waals surface area contributed by atoms with E-state index >= 15 is 0 Å². The van der Waals surface area contributed by atoms with Gasteiger partial charge < -0.3 is 14.8 Å². The molecule has 2 heterocycles. The number of aromatic nitrogens is 3. The van der Waals surface area contributed by atoms with Crippen molar-refractivity contribution in [3.05, 3.63) is 46.6 Å². The van der Waals surface area contributed by atoms with Gasteiger partial charge in [0.2, 0.25) is 5.91 Å². The van der Waals surface area contributed by atoms with Crippen LogP contribution in [-0.4, -0.2) is 46.1 Å². The molecule has 0 spiro atoms. The van der Waals surface area contributed by atoms with Gasteiger partial charge in [0, 0.05) is 17.5 Å². The van der Waals surface area contributed by atoms with Crippen LogP contribution in [0.1, 0.15) is 20.3 Å². The van der Waals surface area contributed by atoms with E-state index in [2.05, 4.69) is 15.3 Å². The highest BCUT2D eigenvalue weighted by molar-refractivity contribution is 6.17. The molecule has 0 radical (unpaired) electrons. The maximum Gasteiger partial charge on any atom is 0.263 e. The van der Waals surface area contributed by atoms with E-state index < -0.39 is 11.4 Å². The Kier molecular flexibility index (Phi) is 7.63. The molecule has 32 heavy (non-hydrogen) atoms. The Labute approximate surface area is 189 Å². The molecular formula is C22H24ClFN4O4. The summed E-state index contributed by atoms with van der Waals surface area (Å²) in [6.45, 7) is 3.74. The van der Waals surface area contributed by atoms with E-state index in [0.717, 1.165) is 0 Å². The number of hydrogen-bond acceptors (Lipinski definition) is 6. The Bertz CT molecular complexity index is 1180. The molecule has 170 valence electrons. The number of fused-ring (bicyclic) bond motifs is 1. The number of rotatable bonds is 9. The second-order valence-corrected chi connectivity index (χ2v) is 7.71. The fraction of sp³-hybridized carbons (Fsp3) is 0.364. The average Bonchev–Trinajstić information content (AvgIpc) is 2.76. The summed E-state index contributed by atoms with van der Waals surface area (Å²) in [5.74, 6) is 0.0940. The molecule has 0 bridgehead atoms. The summed E-state index contributed by atoms with van der Waals surface area (Å²) in [5.41, 5.74) is 0.116. The highest BCUT2D eigenvalue weighted by Gasteiger charge is 2.18. The normalized spacial score (nSPS) is 11.1. The van der Waals surface area contributed by atoms with Crippen molar-refractivity contribution in [2.75, 3.05) is 19.6 Å². The van der Waals surface area contributed by atoms with Crippen LogP contribution in [0.3, 0.4) is 0 Å². The van der Waals surface area contributed by atoms with E-state index in [1.165, 1.54) is 42.1 Å². The van der Waals surface area contributed by atoms with Crippen molar-refractivity contribution in [3.8, 4) is 22.9 Å². The van der Waals surface area contributed by atoms with E-state index in [4.69, 9.17) is 21.1 Å². The lowest BCUT2D eigenvalue weighted by Crippen LogP contribution is -2.37. The molecule has 1 aromatic carbocycles. The maximum atomic E-state index is 13.9. The van der Waals surface area contributed by atoms with E-state index in [1.807, 2.05) is 13.8 Å². The Hall–Kier alpha value is -3.20. The van der Waals surface area contributed by atoms with Gasteiger partial charge in [-0.05, 0) is 44.5 Å². The number of carbonyl (C=O) groups is 1. The minimum atomic E-state index is -0.555. The summed E-state index contributed by atoms with van der Waals surface area (Å²) < 4.78 is 25.8. The molecule has 0 saturated carbocycles. The number of pyridine rings is 1. The number of nitrogens with zero attached hydrogens (tertiary/aromatic N) is 3. The van der Waals surface area contributed by atoms with Crippen molar-refractivity contribution in [2.45, 2.75) is 32.9 Å². The highest BCUT2D eigenvalue weighted by atomic mass is 35.5. The van der Waals surface area contributed by atoms with Gasteiger partial charge in [-0.25, -0.2) is 14.4 Å². The first-order chi connectivity index (χ1) is 15.3. The zero-order chi connectivity index (χ0) is 23.3. The second kappa shape index (κ2) is 10.4. The van der Waals surface area contributed by atoms with Crippen molar-refractivity contribution < 1.29 is 18.7 Å². The summed E-state index contributed by atoms with van der Waals surface area (Å²) >= 11 is 5.67. The highest BCUT2D eigenvalue weighted by Crippen LogP contribution is 2.26. The number of hydrogen-bond donors (Lipinski definition) is 1. The lowest BCUT2D eigenvalue weighted by molar-refractivity contribution is -0.122. The van der Waals surface area contributed by atoms with Crippen molar-refractivity contribution in [1.29, 1.82) is 0 Å². The van der Waals surface area contributed by atoms with Gasteiger partial charge >= 0.3 is 0 Å². The van der Waals surface area contributed by atoms with E-state index in [-0.39, 0.29) is 41.1 Å². The van der Waals surface area contributed by atoms with Crippen LogP contribution in [-0.2, 0) is 11.3 Å². The minimum absolute atomic E-state index is 0.00831. The number of methoxy groups -OCH3 is 1.